The SMILES string of the molecule is CCNc1ccnc(CN2CCC(CC)(CC)C2)c1. The molecule has 0 bridgehead atoms. The molecule has 0 unspecified atom stereocenters. The van der Waals surface area contributed by atoms with Crippen LogP contribution >= 0.6 is 0 Å². The van der Waals surface area contributed by atoms with Crippen molar-refractivity contribution in [3.05, 3.63) is 24.0 Å². The minimum Gasteiger partial charge on any atom is -0.385 e. The zero-order valence-corrected chi connectivity index (χ0v) is 12.6. The molecule has 3 nitrogen and oxygen atoms in total. The molecule has 0 aromatic carbocycles. The van der Waals surface area contributed by atoms with Gasteiger partial charge in [0.2, 0.25) is 0 Å². The second kappa shape index (κ2) is 6.38. The van der Waals surface area contributed by atoms with Gasteiger partial charge in [-0.15, -0.1) is 0 Å². The molecule has 1 aromatic rings. The summed E-state index contributed by atoms with van der Waals surface area (Å²) >= 11 is 0. The third-order valence-corrected chi connectivity index (χ3v) is 4.60. The van der Waals surface area contributed by atoms with Crippen LogP contribution in [0.3, 0.4) is 0 Å². The molecule has 0 saturated carbocycles. The van der Waals surface area contributed by atoms with E-state index >= 15 is 0 Å². The van der Waals surface area contributed by atoms with Crippen LogP contribution in [-0.2, 0) is 6.54 Å². The third kappa shape index (κ3) is 3.47. The average molecular weight is 261 g/mol. The molecule has 1 aliphatic heterocycles. The molecule has 1 fully saturated rings. The number of aromatic nitrogens is 1. The van der Waals surface area contributed by atoms with Crippen LogP contribution in [0, 0.1) is 5.41 Å². The Bertz CT molecular complexity index is 399. The number of nitrogens with zero attached hydrogens (tertiary/aromatic N) is 2. The second-order valence-corrected chi connectivity index (χ2v) is 5.73. The summed E-state index contributed by atoms with van der Waals surface area (Å²) in [4.78, 5) is 7.06. The molecule has 2 rings (SSSR count). The lowest BCUT2D eigenvalue weighted by Gasteiger charge is -2.26. The van der Waals surface area contributed by atoms with Crippen LogP contribution in [0.5, 0.6) is 0 Å². The smallest absolute Gasteiger partial charge is 0.0564 e. The fraction of sp³-hybridized carbons (Fsp3) is 0.688. The van der Waals surface area contributed by atoms with Gasteiger partial charge in [-0.05, 0) is 50.3 Å². The first-order valence-corrected chi connectivity index (χ1v) is 7.62. The van der Waals surface area contributed by atoms with Gasteiger partial charge in [0, 0.05) is 31.5 Å². The molecule has 1 N–H and O–H groups in total. The predicted molar refractivity (Wildman–Crippen MR) is 81.3 cm³/mol. The van der Waals surface area contributed by atoms with Crippen LogP contribution in [0.1, 0.15) is 45.7 Å². The van der Waals surface area contributed by atoms with Crippen molar-refractivity contribution in [2.75, 3.05) is 25.0 Å². The third-order valence-electron chi connectivity index (χ3n) is 4.60. The van der Waals surface area contributed by atoms with Crippen LogP contribution in [-0.4, -0.2) is 29.5 Å². The largest absolute Gasteiger partial charge is 0.385 e. The Morgan fingerprint density at radius 1 is 1.32 bits per heavy atom. The van der Waals surface area contributed by atoms with Gasteiger partial charge in [-0.2, -0.15) is 0 Å². The first kappa shape index (κ1) is 14.3. The topological polar surface area (TPSA) is 28.2 Å². The molecule has 0 amide bonds. The van der Waals surface area contributed by atoms with E-state index < -0.39 is 0 Å². The highest BCUT2D eigenvalue weighted by atomic mass is 15.2. The van der Waals surface area contributed by atoms with Gasteiger partial charge in [-0.3, -0.25) is 9.88 Å². The van der Waals surface area contributed by atoms with Crippen LogP contribution < -0.4 is 5.32 Å². The predicted octanol–water partition coefficient (Wildman–Crippen LogP) is 3.53. The van der Waals surface area contributed by atoms with E-state index in [-0.39, 0.29) is 0 Å². The maximum Gasteiger partial charge on any atom is 0.0564 e. The van der Waals surface area contributed by atoms with Crippen molar-refractivity contribution < 1.29 is 0 Å². The lowest BCUT2D eigenvalue weighted by atomic mass is 9.82. The summed E-state index contributed by atoms with van der Waals surface area (Å²) in [7, 11) is 0. The number of hydrogen-bond donors (Lipinski definition) is 1. The normalized spacial score (nSPS) is 18.7. The molecule has 0 aliphatic carbocycles. The summed E-state index contributed by atoms with van der Waals surface area (Å²) in [5, 5.41) is 3.35. The summed E-state index contributed by atoms with van der Waals surface area (Å²) in [6.45, 7) is 11.2. The Labute approximate surface area is 117 Å². The molecule has 1 aromatic heterocycles. The molecule has 2 heterocycles. The first-order valence-electron chi connectivity index (χ1n) is 7.62. The van der Waals surface area contributed by atoms with Gasteiger partial charge >= 0.3 is 0 Å². The highest BCUT2D eigenvalue weighted by molar-refractivity contribution is 5.42. The van der Waals surface area contributed by atoms with Gasteiger partial charge < -0.3 is 5.32 Å². The van der Waals surface area contributed by atoms with Crippen molar-refractivity contribution >= 4 is 5.69 Å². The Balaban J connectivity index is 1.97. The van der Waals surface area contributed by atoms with E-state index in [9.17, 15) is 0 Å². The van der Waals surface area contributed by atoms with Gasteiger partial charge in [-0.25, -0.2) is 0 Å². The van der Waals surface area contributed by atoms with Crippen LogP contribution in [0.25, 0.3) is 0 Å². The molecule has 106 valence electrons. The van der Waals surface area contributed by atoms with Gasteiger partial charge in [-0.1, -0.05) is 13.8 Å². The van der Waals surface area contributed by atoms with Gasteiger partial charge in [0.15, 0.2) is 0 Å². The number of pyridine rings is 1. The number of anilines is 1. The maximum absolute atomic E-state index is 4.50. The van der Waals surface area contributed by atoms with E-state index in [4.69, 9.17) is 0 Å². The standard InChI is InChI=1S/C16H27N3/c1-4-16(5-2)8-10-19(13-16)12-15-11-14(17-6-3)7-9-18-15/h7,9,11H,4-6,8,10,12-13H2,1-3H3,(H,17,18). The number of nitrogens with one attached hydrogen (secondary N) is 1. The van der Waals surface area contributed by atoms with Crippen molar-refractivity contribution in [2.45, 2.75) is 46.6 Å². The quantitative estimate of drug-likeness (QED) is 0.849. The van der Waals surface area contributed by atoms with E-state index in [0.29, 0.717) is 5.41 Å². The number of rotatable bonds is 6. The lowest BCUT2D eigenvalue weighted by molar-refractivity contribution is 0.235. The van der Waals surface area contributed by atoms with Crippen molar-refractivity contribution in [2.24, 2.45) is 5.41 Å². The number of hydrogen-bond acceptors (Lipinski definition) is 3. The van der Waals surface area contributed by atoms with E-state index in [0.717, 1.165) is 13.1 Å². The molecule has 1 aliphatic rings. The Hall–Kier alpha value is -1.09. The molecular weight excluding hydrogens is 234 g/mol. The van der Waals surface area contributed by atoms with Crippen LogP contribution in [0.4, 0.5) is 5.69 Å². The fourth-order valence-electron chi connectivity index (χ4n) is 3.10. The Morgan fingerprint density at radius 2 is 2.11 bits per heavy atom. The molecule has 0 atom stereocenters. The summed E-state index contributed by atoms with van der Waals surface area (Å²) in [5.74, 6) is 0. The zero-order chi connectivity index (χ0) is 13.7. The molecular formula is C16H27N3. The van der Waals surface area contributed by atoms with Crippen LogP contribution in [0.15, 0.2) is 18.3 Å². The summed E-state index contributed by atoms with van der Waals surface area (Å²) in [5.41, 5.74) is 2.92. The summed E-state index contributed by atoms with van der Waals surface area (Å²) in [6, 6.07) is 4.22. The van der Waals surface area contributed by atoms with Crippen molar-refractivity contribution in [3.63, 3.8) is 0 Å². The van der Waals surface area contributed by atoms with E-state index in [2.05, 4.69) is 42.0 Å². The summed E-state index contributed by atoms with van der Waals surface area (Å²) < 4.78 is 0. The van der Waals surface area contributed by atoms with Crippen LogP contribution in [0.2, 0.25) is 0 Å². The van der Waals surface area contributed by atoms with E-state index in [1.165, 1.54) is 43.7 Å². The van der Waals surface area contributed by atoms with Crippen molar-refractivity contribution in [1.82, 2.24) is 9.88 Å². The molecule has 3 heteroatoms. The van der Waals surface area contributed by atoms with Gasteiger partial charge in [0.25, 0.3) is 0 Å². The van der Waals surface area contributed by atoms with E-state index in [1.807, 2.05) is 12.3 Å². The highest BCUT2D eigenvalue weighted by Gasteiger charge is 2.34. The van der Waals surface area contributed by atoms with Crippen molar-refractivity contribution in [1.29, 1.82) is 0 Å². The molecule has 0 spiro atoms. The zero-order valence-electron chi connectivity index (χ0n) is 12.6. The maximum atomic E-state index is 4.50. The fourth-order valence-corrected chi connectivity index (χ4v) is 3.10. The first-order chi connectivity index (χ1) is 9.21. The summed E-state index contributed by atoms with van der Waals surface area (Å²) in [6.07, 6.45) is 5.85. The lowest BCUT2D eigenvalue weighted by Crippen LogP contribution is -2.26. The van der Waals surface area contributed by atoms with E-state index in [1.54, 1.807) is 0 Å². The monoisotopic (exact) mass is 261 g/mol. The Morgan fingerprint density at radius 3 is 2.74 bits per heavy atom. The Kier molecular flexibility index (Phi) is 4.81. The second-order valence-electron chi connectivity index (χ2n) is 5.73. The van der Waals surface area contributed by atoms with Gasteiger partial charge in [0.05, 0.1) is 5.69 Å². The molecule has 0 radical (unpaired) electrons. The molecule has 19 heavy (non-hydrogen) atoms. The molecule has 1 saturated heterocycles. The average Bonchev–Trinajstić information content (AvgIpc) is 2.84. The van der Waals surface area contributed by atoms with Gasteiger partial charge in [0.1, 0.15) is 0 Å². The minimum atomic E-state index is 0.555. The minimum absolute atomic E-state index is 0.555. The number of likely N-dealkylation sites (tertiary alicyclic amines) is 1. The highest BCUT2D eigenvalue weighted by Crippen LogP contribution is 2.37. The van der Waals surface area contributed by atoms with Crippen molar-refractivity contribution in [3.8, 4) is 0 Å².